The number of hydrogen-bond acceptors (Lipinski definition) is 2. The van der Waals surface area contributed by atoms with Crippen LogP contribution >= 0.6 is 0 Å². The smallest absolute Gasteiger partial charge is 0.303 e. The number of carboxylic acid groups (broad SMARTS) is 1. The lowest BCUT2D eigenvalue weighted by molar-refractivity contribution is -0.137. The molecule has 1 unspecified atom stereocenters. The van der Waals surface area contributed by atoms with Crippen LogP contribution in [0.2, 0.25) is 0 Å². The molecule has 0 bridgehead atoms. The van der Waals surface area contributed by atoms with Crippen molar-refractivity contribution in [3.63, 3.8) is 0 Å². The Morgan fingerprint density at radius 2 is 1.90 bits per heavy atom. The van der Waals surface area contributed by atoms with Gasteiger partial charge in [0.2, 0.25) is 0 Å². The monoisotopic (exact) mass is 277 g/mol. The van der Waals surface area contributed by atoms with Crippen LogP contribution < -0.4 is 5.32 Å². The maximum atomic E-state index is 10.8. The van der Waals surface area contributed by atoms with E-state index in [1.54, 1.807) is 0 Å². The van der Waals surface area contributed by atoms with E-state index in [1.165, 1.54) is 5.56 Å². The lowest BCUT2D eigenvalue weighted by Crippen LogP contribution is -2.34. The number of hydrogen-bond donors (Lipinski definition) is 2. The van der Waals surface area contributed by atoms with Crippen molar-refractivity contribution in [1.82, 2.24) is 5.32 Å². The highest BCUT2D eigenvalue weighted by atomic mass is 16.4. The van der Waals surface area contributed by atoms with Gasteiger partial charge in [0.1, 0.15) is 0 Å². The van der Waals surface area contributed by atoms with E-state index in [0.29, 0.717) is 11.8 Å². The van der Waals surface area contributed by atoms with Gasteiger partial charge in [0.25, 0.3) is 0 Å². The van der Waals surface area contributed by atoms with E-state index >= 15 is 0 Å². The Morgan fingerprint density at radius 1 is 1.25 bits per heavy atom. The van der Waals surface area contributed by atoms with Gasteiger partial charge in [-0.2, -0.15) is 0 Å². The molecule has 0 saturated carbocycles. The van der Waals surface area contributed by atoms with E-state index in [4.69, 9.17) is 5.11 Å². The summed E-state index contributed by atoms with van der Waals surface area (Å²) in [7, 11) is 0. The molecule has 20 heavy (non-hydrogen) atoms. The first kappa shape index (κ1) is 16.7. The summed E-state index contributed by atoms with van der Waals surface area (Å²) < 4.78 is 0. The molecule has 0 aliphatic carbocycles. The molecule has 0 spiro atoms. The second kappa shape index (κ2) is 8.05. The quantitative estimate of drug-likeness (QED) is 0.764. The predicted molar refractivity (Wildman–Crippen MR) is 82.9 cm³/mol. The van der Waals surface area contributed by atoms with Crippen LogP contribution in [0.15, 0.2) is 30.3 Å². The Balaban J connectivity index is 2.49. The number of benzene rings is 1. The highest BCUT2D eigenvalue weighted by molar-refractivity contribution is 5.66. The Bertz CT molecular complexity index is 395. The Morgan fingerprint density at radius 3 is 2.45 bits per heavy atom. The maximum absolute atomic E-state index is 10.8. The molecule has 0 radical (unpaired) electrons. The van der Waals surface area contributed by atoms with E-state index in [-0.39, 0.29) is 12.5 Å². The highest BCUT2D eigenvalue weighted by Crippen LogP contribution is 2.17. The minimum absolute atomic E-state index is 0.222. The lowest BCUT2D eigenvalue weighted by Gasteiger charge is -2.22. The molecule has 3 nitrogen and oxygen atoms in total. The molecule has 2 N–H and O–H groups in total. The molecule has 0 aliphatic rings. The zero-order valence-corrected chi connectivity index (χ0v) is 12.9. The van der Waals surface area contributed by atoms with Gasteiger partial charge in [-0.1, -0.05) is 51.1 Å². The summed E-state index contributed by atoms with van der Waals surface area (Å²) in [6, 6.07) is 10.5. The largest absolute Gasteiger partial charge is 0.481 e. The van der Waals surface area contributed by atoms with Crippen LogP contribution in [0.1, 0.15) is 45.6 Å². The molecular formula is C17H27NO2. The van der Waals surface area contributed by atoms with Gasteiger partial charge in [0.15, 0.2) is 0 Å². The van der Waals surface area contributed by atoms with Gasteiger partial charge in [-0.15, -0.1) is 0 Å². The summed E-state index contributed by atoms with van der Waals surface area (Å²) in [4.78, 5) is 10.8. The third-order valence-corrected chi connectivity index (χ3v) is 3.34. The molecule has 0 fully saturated rings. The lowest BCUT2D eigenvalue weighted by atomic mass is 9.92. The summed E-state index contributed by atoms with van der Waals surface area (Å²) in [6.07, 6.45) is 2.87. The Hall–Kier alpha value is -1.35. The van der Waals surface area contributed by atoms with Crippen LogP contribution in [-0.4, -0.2) is 23.7 Å². The van der Waals surface area contributed by atoms with Gasteiger partial charge in [-0.25, -0.2) is 0 Å². The van der Waals surface area contributed by atoms with Gasteiger partial charge in [-0.05, 0) is 36.8 Å². The first-order chi connectivity index (χ1) is 9.37. The van der Waals surface area contributed by atoms with Gasteiger partial charge in [0.05, 0.1) is 0 Å². The number of aliphatic carboxylic acids is 1. The van der Waals surface area contributed by atoms with E-state index in [9.17, 15) is 4.79 Å². The number of carbonyl (C=O) groups is 1. The van der Waals surface area contributed by atoms with Crippen molar-refractivity contribution in [3.05, 3.63) is 35.9 Å². The topological polar surface area (TPSA) is 49.3 Å². The van der Waals surface area contributed by atoms with E-state index in [0.717, 1.165) is 19.4 Å². The zero-order chi connectivity index (χ0) is 15.0. The standard InChI is InChI=1S/C17H27NO2/c1-17(2,3)11-12-18-15(9-10-16(19)20)13-14-7-5-4-6-8-14/h4-8,15,18H,9-13H2,1-3H3,(H,19,20). The van der Waals surface area contributed by atoms with Crippen molar-refractivity contribution in [3.8, 4) is 0 Å². The van der Waals surface area contributed by atoms with Gasteiger partial charge in [-0.3, -0.25) is 4.79 Å². The van der Waals surface area contributed by atoms with Crippen molar-refractivity contribution < 1.29 is 9.90 Å². The summed E-state index contributed by atoms with van der Waals surface area (Å²) in [6.45, 7) is 7.59. The molecule has 0 saturated heterocycles. The minimum Gasteiger partial charge on any atom is -0.481 e. The number of carboxylic acids is 1. The van der Waals surface area contributed by atoms with E-state index in [2.05, 4.69) is 38.2 Å². The van der Waals surface area contributed by atoms with Gasteiger partial charge < -0.3 is 10.4 Å². The number of nitrogens with one attached hydrogen (secondary N) is 1. The van der Waals surface area contributed by atoms with Crippen LogP contribution in [0, 0.1) is 5.41 Å². The summed E-state index contributed by atoms with van der Waals surface area (Å²) in [5.74, 6) is -0.722. The third-order valence-electron chi connectivity index (χ3n) is 3.34. The Labute approximate surface area is 122 Å². The van der Waals surface area contributed by atoms with Crippen molar-refractivity contribution in [1.29, 1.82) is 0 Å². The average Bonchev–Trinajstić information content (AvgIpc) is 2.35. The molecule has 1 atom stereocenters. The fourth-order valence-corrected chi connectivity index (χ4v) is 2.12. The van der Waals surface area contributed by atoms with Crippen molar-refractivity contribution in [2.75, 3.05) is 6.54 Å². The number of rotatable bonds is 8. The van der Waals surface area contributed by atoms with E-state index in [1.807, 2.05) is 18.2 Å². The molecule has 1 aromatic rings. The van der Waals surface area contributed by atoms with Crippen molar-refractivity contribution in [2.24, 2.45) is 5.41 Å². The molecule has 0 aliphatic heterocycles. The first-order valence-electron chi connectivity index (χ1n) is 7.36. The summed E-state index contributed by atoms with van der Waals surface area (Å²) in [5.41, 5.74) is 1.56. The third kappa shape index (κ3) is 7.95. The molecular weight excluding hydrogens is 250 g/mol. The van der Waals surface area contributed by atoms with E-state index < -0.39 is 5.97 Å². The van der Waals surface area contributed by atoms with Crippen LogP contribution in [0.4, 0.5) is 0 Å². The normalized spacial score (nSPS) is 13.2. The minimum atomic E-state index is -0.722. The molecule has 0 aromatic heterocycles. The fourth-order valence-electron chi connectivity index (χ4n) is 2.12. The molecule has 0 heterocycles. The second-order valence-corrected chi connectivity index (χ2v) is 6.58. The second-order valence-electron chi connectivity index (χ2n) is 6.58. The first-order valence-corrected chi connectivity index (χ1v) is 7.36. The molecule has 1 rings (SSSR count). The van der Waals surface area contributed by atoms with Gasteiger partial charge in [0, 0.05) is 12.5 Å². The Kier molecular flexibility index (Phi) is 6.73. The predicted octanol–water partition coefficient (Wildman–Crippen LogP) is 3.49. The maximum Gasteiger partial charge on any atom is 0.303 e. The van der Waals surface area contributed by atoms with Crippen LogP contribution in [-0.2, 0) is 11.2 Å². The molecule has 0 amide bonds. The summed E-state index contributed by atoms with van der Waals surface area (Å²) >= 11 is 0. The fraction of sp³-hybridized carbons (Fsp3) is 0.588. The average molecular weight is 277 g/mol. The SMILES string of the molecule is CC(C)(C)CCNC(CCC(=O)O)Cc1ccccc1. The van der Waals surface area contributed by atoms with Crippen LogP contribution in [0.25, 0.3) is 0 Å². The zero-order valence-electron chi connectivity index (χ0n) is 12.9. The van der Waals surface area contributed by atoms with Gasteiger partial charge >= 0.3 is 5.97 Å². The highest BCUT2D eigenvalue weighted by Gasteiger charge is 2.14. The summed E-state index contributed by atoms with van der Waals surface area (Å²) in [5, 5.41) is 12.4. The molecule has 112 valence electrons. The van der Waals surface area contributed by atoms with Crippen LogP contribution in [0.5, 0.6) is 0 Å². The molecule has 1 aromatic carbocycles. The van der Waals surface area contributed by atoms with Crippen molar-refractivity contribution in [2.45, 2.75) is 52.5 Å². The van der Waals surface area contributed by atoms with Crippen molar-refractivity contribution >= 4 is 5.97 Å². The van der Waals surface area contributed by atoms with Crippen LogP contribution in [0.3, 0.4) is 0 Å². The molecule has 3 heteroatoms.